The second kappa shape index (κ2) is 4.01. The summed E-state index contributed by atoms with van der Waals surface area (Å²) in [5.74, 6) is 1.00. The fourth-order valence-electron chi connectivity index (χ4n) is 0.843. The highest BCUT2D eigenvalue weighted by Crippen LogP contribution is 1.93. The molecule has 0 radical (unpaired) electrons. The number of thiocarbonyl (C=S) groups is 1. The van der Waals surface area contributed by atoms with Crippen molar-refractivity contribution in [3.63, 3.8) is 0 Å². The Morgan fingerprint density at radius 2 is 2.64 bits per heavy atom. The quantitative estimate of drug-likeness (QED) is 0.501. The summed E-state index contributed by atoms with van der Waals surface area (Å²) in [6, 6.07) is 0. The predicted molar refractivity (Wildman–Crippen MR) is 46.9 cm³/mol. The summed E-state index contributed by atoms with van der Waals surface area (Å²) < 4.78 is 2.02. The van der Waals surface area contributed by atoms with Crippen molar-refractivity contribution in [1.82, 2.24) is 9.55 Å². The topological polar surface area (TPSA) is 30.2 Å². The molecule has 1 heterocycles. The van der Waals surface area contributed by atoms with Gasteiger partial charge in [0, 0.05) is 18.9 Å². The van der Waals surface area contributed by atoms with E-state index in [-0.39, 0.29) is 0 Å². The Labute approximate surface area is 70.8 Å². The molecule has 0 saturated carbocycles. The van der Waals surface area contributed by atoms with Crippen LogP contribution in [-0.2, 0) is 6.54 Å². The minimum absolute atomic E-state index is 0.681. The minimum atomic E-state index is 0.681. The molecule has 0 atom stereocenters. The molecule has 58 valence electrons. The van der Waals surface area contributed by atoms with Gasteiger partial charge in [0.25, 0.3) is 0 Å². The Balaban J connectivity index is 2.50. The Hall–Kier alpha value is -0.990. The lowest BCUT2D eigenvalue weighted by atomic mass is 10.6. The van der Waals surface area contributed by atoms with Crippen LogP contribution in [0.25, 0.3) is 0 Å². The number of imidazole rings is 1. The van der Waals surface area contributed by atoms with E-state index >= 15 is 0 Å². The minimum Gasteiger partial charge on any atom is -0.333 e. The predicted octanol–water partition coefficient (Wildman–Crippen LogP) is 1.29. The third-order valence-corrected chi connectivity index (χ3v) is 1.57. The van der Waals surface area contributed by atoms with Gasteiger partial charge in [0.05, 0.1) is 11.7 Å². The first-order valence-corrected chi connectivity index (χ1v) is 3.77. The molecule has 3 nitrogen and oxygen atoms in total. The van der Waals surface area contributed by atoms with E-state index in [1.165, 1.54) is 0 Å². The monoisotopic (exact) mass is 167 g/mol. The summed E-state index contributed by atoms with van der Waals surface area (Å²) in [7, 11) is 0. The molecule has 1 aromatic rings. The second-order valence-electron chi connectivity index (χ2n) is 2.14. The number of isothiocyanates is 1. The zero-order valence-electron chi connectivity index (χ0n) is 6.32. The van der Waals surface area contributed by atoms with Crippen molar-refractivity contribution in [2.45, 2.75) is 13.5 Å². The van der Waals surface area contributed by atoms with Gasteiger partial charge in [-0.15, -0.1) is 0 Å². The van der Waals surface area contributed by atoms with Gasteiger partial charge in [-0.2, -0.15) is 0 Å². The van der Waals surface area contributed by atoms with Crippen LogP contribution in [0.2, 0.25) is 0 Å². The van der Waals surface area contributed by atoms with E-state index in [9.17, 15) is 0 Å². The number of rotatable bonds is 3. The first-order valence-electron chi connectivity index (χ1n) is 3.36. The summed E-state index contributed by atoms with van der Waals surface area (Å²) in [4.78, 5) is 7.87. The zero-order valence-corrected chi connectivity index (χ0v) is 7.14. The normalized spacial score (nSPS) is 9.18. The first kappa shape index (κ1) is 8.11. The maximum absolute atomic E-state index is 4.44. The van der Waals surface area contributed by atoms with Gasteiger partial charge in [0.2, 0.25) is 0 Å². The Morgan fingerprint density at radius 3 is 3.18 bits per heavy atom. The maximum atomic E-state index is 4.44. The van der Waals surface area contributed by atoms with Gasteiger partial charge in [-0.3, -0.25) is 0 Å². The fraction of sp³-hybridized carbons (Fsp3) is 0.429. The van der Waals surface area contributed by atoms with Gasteiger partial charge in [-0.25, -0.2) is 9.98 Å². The number of aryl methyl sites for hydroxylation is 1. The molecule has 0 aliphatic rings. The molecule has 0 aliphatic carbocycles. The molecule has 1 rings (SSSR count). The molecule has 0 unspecified atom stereocenters. The smallest absolute Gasteiger partial charge is 0.105 e. The summed E-state index contributed by atoms with van der Waals surface area (Å²) in [6.45, 7) is 3.47. The average Bonchev–Trinajstić information content (AvgIpc) is 2.37. The number of nitrogens with zero attached hydrogens (tertiary/aromatic N) is 3. The Kier molecular flexibility index (Phi) is 2.95. The highest BCUT2D eigenvalue weighted by molar-refractivity contribution is 7.78. The molecule has 0 amide bonds. The SMILES string of the molecule is Cc1nccn1CCN=C=S. The molecule has 0 N–H and O–H groups in total. The van der Waals surface area contributed by atoms with Crippen molar-refractivity contribution in [3.8, 4) is 0 Å². The molecule has 1 aromatic heterocycles. The van der Waals surface area contributed by atoms with Crippen molar-refractivity contribution in [1.29, 1.82) is 0 Å². The van der Waals surface area contributed by atoms with Crippen LogP contribution in [-0.4, -0.2) is 21.3 Å². The van der Waals surface area contributed by atoms with Crippen molar-refractivity contribution in [2.24, 2.45) is 4.99 Å². The second-order valence-corrected chi connectivity index (χ2v) is 2.32. The highest BCUT2D eigenvalue weighted by atomic mass is 32.1. The van der Waals surface area contributed by atoms with Crippen LogP contribution in [0, 0.1) is 6.92 Å². The van der Waals surface area contributed by atoms with E-state index in [1.54, 1.807) is 6.20 Å². The largest absolute Gasteiger partial charge is 0.333 e. The third kappa shape index (κ3) is 2.26. The van der Waals surface area contributed by atoms with Gasteiger partial charge < -0.3 is 4.57 Å². The number of aromatic nitrogens is 2. The summed E-state index contributed by atoms with van der Waals surface area (Å²) in [5, 5.41) is 2.32. The zero-order chi connectivity index (χ0) is 8.10. The van der Waals surface area contributed by atoms with Crippen LogP contribution in [0.3, 0.4) is 0 Å². The molecule has 0 aromatic carbocycles. The van der Waals surface area contributed by atoms with Gasteiger partial charge in [-0.05, 0) is 19.1 Å². The molecule has 4 heteroatoms. The molecule has 0 aliphatic heterocycles. The van der Waals surface area contributed by atoms with Crippen LogP contribution in [0.1, 0.15) is 5.82 Å². The van der Waals surface area contributed by atoms with Gasteiger partial charge in [0.1, 0.15) is 5.82 Å². The molecule has 0 bridgehead atoms. The van der Waals surface area contributed by atoms with Crippen molar-refractivity contribution >= 4 is 17.4 Å². The molecular formula is C7H9N3S. The number of hydrogen-bond acceptors (Lipinski definition) is 3. The first-order chi connectivity index (χ1) is 5.34. The molecule has 0 saturated heterocycles. The van der Waals surface area contributed by atoms with E-state index in [2.05, 4.69) is 27.4 Å². The Bertz CT molecular complexity index is 273. The fourth-order valence-corrected chi connectivity index (χ4v) is 0.935. The van der Waals surface area contributed by atoms with Crippen molar-refractivity contribution < 1.29 is 0 Å². The molecular weight excluding hydrogens is 158 g/mol. The van der Waals surface area contributed by atoms with Gasteiger partial charge in [0.15, 0.2) is 0 Å². The van der Waals surface area contributed by atoms with Crippen molar-refractivity contribution in [3.05, 3.63) is 18.2 Å². The standard InChI is InChI=1S/C7H9N3S/c1-7-9-3-5-10(7)4-2-8-6-11/h3,5H,2,4H2,1H3. The molecule has 11 heavy (non-hydrogen) atoms. The number of aliphatic imine (C=N–C) groups is 1. The van der Waals surface area contributed by atoms with Crippen LogP contribution in [0.5, 0.6) is 0 Å². The molecule has 0 spiro atoms. The Morgan fingerprint density at radius 1 is 1.82 bits per heavy atom. The summed E-state index contributed by atoms with van der Waals surface area (Å²) in [5.41, 5.74) is 0. The average molecular weight is 167 g/mol. The van der Waals surface area contributed by atoms with Gasteiger partial charge >= 0.3 is 0 Å². The van der Waals surface area contributed by atoms with E-state index < -0.39 is 0 Å². The van der Waals surface area contributed by atoms with Crippen LogP contribution >= 0.6 is 12.2 Å². The lowest BCUT2D eigenvalue weighted by Crippen LogP contribution is -2.01. The van der Waals surface area contributed by atoms with Crippen LogP contribution in [0.4, 0.5) is 0 Å². The van der Waals surface area contributed by atoms with E-state index in [0.717, 1.165) is 12.4 Å². The van der Waals surface area contributed by atoms with Crippen LogP contribution < -0.4 is 0 Å². The third-order valence-electron chi connectivity index (χ3n) is 1.44. The summed E-state index contributed by atoms with van der Waals surface area (Å²) in [6.07, 6.45) is 3.70. The van der Waals surface area contributed by atoms with Gasteiger partial charge in [-0.1, -0.05) is 0 Å². The van der Waals surface area contributed by atoms with Crippen molar-refractivity contribution in [2.75, 3.05) is 6.54 Å². The highest BCUT2D eigenvalue weighted by Gasteiger charge is 1.93. The molecule has 0 fully saturated rings. The van der Waals surface area contributed by atoms with Crippen LogP contribution in [0.15, 0.2) is 17.4 Å². The lowest BCUT2D eigenvalue weighted by molar-refractivity contribution is 0.687. The van der Waals surface area contributed by atoms with E-state index in [1.807, 2.05) is 17.7 Å². The number of hydrogen-bond donors (Lipinski definition) is 0. The maximum Gasteiger partial charge on any atom is 0.105 e. The van der Waals surface area contributed by atoms with E-state index in [0.29, 0.717) is 6.54 Å². The van der Waals surface area contributed by atoms with E-state index in [4.69, 9.17) is 0 Å². The lowest BCUT2D eigenvalue weighted by Gasteiger charge is -1.99. The summed E-state index contributed by atoms with van der Waals surface area (Å²) >= 11 is 4.44.